The standard InChI is InChI=1S/C16H20O2/c1-12-9-10-13(18-12)11-17-15-8-6-5-7-14(15)16(2,3)4/h5-10H,11H2,1-4H3. The molecular weight excluding hydrogens is 224 g/mol. The quantitative estimate of drug-likeness (QED) is 0.795. The summed E-state index contributed by atoms with van der Waals surface area (Å²) in [7, 11) is 0. The Bertz CT molecular complexity index is 518. The van der Waals surface area contributed by atoms with Crippen LogP contribution in [0.1, 0.15) is 37.9 Å². The normalized spacial score (nSPS) is 11.6. The molecule has 0 N–H and O–H groups in total. The molecule has 1 heterocycles. The molecule has 0 aliphatic rings. The van der Waals surface area contributed by atoms with Crippen molar-refractivity contribution < 1.29 is 9.15 Å². The van der Waals surface area contributed by atoms with E-state index in [9.17, 15) is 0 Å². The lowest BCUT2D eigenvalue weighted by Gasteiger charge is -2.22. The Morgan fingerprint density at radius 2 is 1.78 bits per heavy atom. The van der Waals surface area contributed by atoms with E-state index in [4.69, 9.17) is 9.15 Å². The van der Waals surface area contributed by atoms with E-state index in [1.807, 2.05) is 37.3 Å². The Labute approximate surface area is 109 Å². The summed E-state index contributed by atoms with van der Waals surface area (Å²) in [6.07, 6.45) is 0. The number of ether oxygens (including phenoxy) is 1. The monoisotopic (exact) mass is 244 g/mol. The number of rotatable bonds is 3. The minimum Gasteiger partial charge on any atom is -0.485 e. The molecule has 0 aliphatic carbocycles. The average Bonchev–Trinajstić information content (AvgIpc) is 2.72. The SMILES string of the molecule is Cc1ccc(COc2ccccc2C(C)(C)C)o1. The Morgan fingerprint density at radius 1 is 1.06 bits per heavy atom. The molecule has 0 unspecified atom stereocenters. The number of para-hydroxylation sites is 1. The van der Waals surface area contributed by atoms with Crippen molar-refractivity contribution in [2.75, 3.05) is 0 Å². The molecule has 0 radical (unpaired) electrons. The Morgan fingerprint density at radius 3 is 2.39 bits per heavy atom. The van der Waals surface area contributed by atoms with Crippen molar-refractivity contribution in [3.63, 3.8) is 0 Å². The van der Waals surface area contributed by atoms with Gasteiger partial charge in [0, 0.05) is 0 Å². The summed E-state index contributed by atoms with van der Waals surface area (Å²) < 4.78 is 11.4. The van der Waals surface area contributed by atoms with Gasteiger partial charge in [-0.05, 0) is 36.1 Å². The molecule has 2 nitrogen and oxygen atoms in total. The molecule has 18 heavy (non-hydrogen) atoms. The van der Waals surface area contributed by atoms with Gasteiger partial charge in [-0.25, -0.2) is 0 Å². The molecule has 0 saturated carbocycles. The summed E-state index contributed by atoms with van der Waals surface area (Å²) in [5.74, 6) is 2.70. The predicted octanol–water partition coefficient (Wildman–Crippen LogP) is 4.46. The molecule has 96 valence electrons. The van der Waals surface area contributed by atoms with Gasteiger partial charge in [-0.2, -0.15) is 0 Å². The highest BCUT2D eigenvalue weighted by Crippen LogP contribution is 2.31. The molecule has 0 saturated heterocycles. The lowest BCUT2D eigenvalue weighted by atomic mass is 9.86. The minimum absolute atomic E-state index is 0.0790. The first-order valence-electron chi connectivity index (χ1n) is 6.24. The average molecular weight is 244 g/mol. The van der Waals surface area contributed by atoms with Crippen molar-refractivity contribution >= 4 is 0 Å². The first-order chi connectivity index (χ1) is 8.47. The highest BCUT2D eigenvalue weighted by molar-refractivity contribution is 5.38. The Hall–Kier alpha value is -1.70. The molecule has 1 aromatic heterocycles. The van der Waals surface area contributed by atoms with Crippen LogP contribution in [0.3, 0.4) is 0 Å². The highest BCUT2D eigenvalue weighted by atomic mass is 16.5. The summed E-state index contributed by atoms with van der Waals surface area (Å²) >= 11 is 0. The van der Waals surface area contributed by atoms with Gasteiger partial charge in [-0.15, -0.1) is 0 Å². The molecule has 0 atom stereocenters. The van der Waals surface area contributed by atoms with Crippen LogP contribution < -0.4 is 4.74 Å². The number of hydrogen-bond acceptors (Lipinski definition) is 2. The van der Waals surface area contributed by atoms with Crippen LogP contribution in [-0.4, -0.2) is 0 Å². The molecule has 0 aliphatic heterocycles. The lowest BCUT2D eigenvalue weighted by Crippen LogP contribution is -2.13. The second kappa shape index (κ2) is 4.89. The van der Waals surface area contributed by atoms with E-state index in [1.165, 1.54) is 5.56 Å². The third-order valence-electron chi connectivity index (χ3n) is 2.86. The van der Waals surface area contributed by atoms with E-state index in [-0.39, 0.29) is 5.41 Å². The molecule has 2 rings (SSSR count). The number of hydrogen-bond donors (Lipinski definition) is 0. The van der Waals surface area contributed by atoms with Crippen molar-refractivity contribution in [1.29, 1.82) is 0 Å². The van der Waals surface area contributed by atoms with E-state index >= 15 is 0 Å². The van der Waals surface area contributed by atoms with Crippen molar-refractivity contribution in [3.05, 3.63) is 53.5 Å². The van der Waals surface area contributed by atoms with Gasteiger partial charge in [0.1, 0.15) is 23.9 Å². The molecular formula is C16H20O2. The largest absolute Gasteiger partial charge is 0.485 e. The fourth-order valence-corrected chi connectivity index (χ4v) is 1.92. The zero-order chi connectivity index (χ0) is 13.2. The zero-order valence-electron chi connectivity index (χ0n) is 11.5. The first kappa shape index (κ1) is 12.7. The molecule has 0 spiro atoms. The van der Waals surface area contributed by atoms with Crippen molar-refractivity contribution in [2.45, 2.75) is 39.7 Å². The van der Waals surface area contributed by atoms with E-state index < -0.39 is 0 Å². The smallest absolute Gasteiger partial charge is 0.146 e. The molecule has 0 amide bonds. The van der Waals surface area contributed by atoms with Gasteiger partial charge in [0.05, 0.1) is 0 Å². The third kappa shape index (κ3) is 2.95. The van der Waals surface area contributed by atoms with Crippen LogP contribution in [0.2, 0.25) is 0 Å². The van der Waals surface area contributed by atoms with Crippen LogP contribution in [0.15, 0.2) is 40.8 Å². The van der Waals surface area contributed by atoms with Crippen LogP contribution in [0.4, 0.5) is 0 Å². The van der Waals surface area contributed by atoms with Gasteiger partial charge < -0.3 is 9.15 Å². The van der Waals surface area contributed by atoms with Crippen molar-refractivity contribution in [2.24, 2.45) is 0 Å². The summed E-state index contributed by atoms with van der Waals surface area (Å²) in [4.78, 5) is 0. The van der Waals surface area contributed by atoms with Crippen molar-refractivity contribution in [1.82, 2.24) is 0 Å². The topological polar surface area (TPSA) is 22.4 Å². The molecule has 0 bridgehead atoms. The second-order valence-corrected chi connectivity index (χ2v) is 5.55. The van der Waals surface area contributed by atoms with Crippen LogP contribution in [0.5, 0.6) is 5.75 Å². The van der Waals surface area contributed by atoms with E-state index in [1.54, 1.807) is 0 Å². The molecule has 2 heteroatoms. The van der Waals surface area contributed by atoms with Gasteiger partial charge in [0.2, 0.25) is 0 Å². The number of furan rings is 1. The van der Waals surface area contributed by atoms with Gasteiger partial charge in [0.15, 0.2) is 0 Å². The number of aryl methyl sites for hydroxylation is 1. The number of benzene rings is 1. The van der Waals surface area contributed by atoms with Crippen molar-refractivity contribution in [3.8, 4) is 5.75 Å². The zero-order valence-corrected chi connectivity index (χ0v) is 11.5. The minimum atomic E-state index is 0.0790. The maximum absolute atomic E-state index is 5.87. The predicted molar refractivity (Wildman–Crippen MR) is 72.9 cm³/mol. The summed E-state index contributed by atoms with van der Waals surface area (Å²) in [5.41, 5.74) is 1.30. The second-order valence-electron chi connectivity index (χ2n) is 5.55. The molecule has 2 aromatic rings. The van der Waals surface area contributed by atoms with Gasteiger partial charge in [-0.1, -0.05) is 39.0 Å². The summed E-state index contributed by atoms with van der Waals surface area (Å²) in [6.45, 7) is 8.97. The fourth-order valence-electron chi connectivity index (χ4n) is 1.92. The van der Waals surface area contributed by atoms with Crippen LogP contribution >= 0.6 is 0 Å². The maximum Gasteiger partial charge on any atom is 0.146 e. The Kier molecular flexibility index (Phi) is 3.46. The van der Waals surface area contributed by atoms with Crippen LogP contribution in [-0.2, 0) is 12.0 Å². The molecule has 0 fully saturated rings. The fraction of sp³-hybridized carbons (Fsp3) is 0.375. The van der Waals surface area contributed by atoms with E-state index in [2.05, 4.69) is 26.8 Å². The Balaban J connectivity index is 2.14. The van der Waals surface area contributed by atoms with Crippen LogP contribution in [0, 0.1) is 6.92 Å². The highest BCUT2D eigenvalue weighted by Gasteiger charge is 2.18. The summed E-state index contributed by atoms with van der Waals surface area (Å²) in [6, 6.07) is 12.1. The summed E-state index contributed by atoms with van der Waals surface area (Å²) in [5, 5.41) is 0. The lowest BCUT2D eigenvalue weighted by molar-refractivity contribution is 0.261. The van der Waals surface area contributed by atoms with E-state index in [0.717, 1.165) is 17.3 Å². The van der Waals surface area contributed by atoms with Gasteiger partial charge >= 0.3 is 0 Å². The first-order valence-corrected chi connectivity index (χ1v) is 6.24. The maximum atomic E-state index is 5.87. The third-order valence-corrected chi connectivity index (χ3v) is 2.86. The van der Waals surface area contributed by atoms with Gasteiger partial charge in [-0.3, -0.25) is 0 Å². The van der Waals surface area contributed by atoms with E-state index in [0.29, 0.717) is 6.61 Å². The molecule has 1 aromatic carbocycles. The van der Waals surface area contributed by atoms with Crippen LogP contribution in [0.25, 0.3) is 0 Å². The van der Waals surface area contributed by atoms with Gasteiger partial charge in [0.25, 0.3) is 0 Å².